The van der Waals surface area contributed by atoms with Crippen molar-refractivity contribution in [2.24, 2.45) is 5.73 Å². The van der Waals surface area contributed by atoms with Crippen molar-refractivity contribution in [3.63, 3.8) is 0 Å². The smallest absolute Gasteiger partial charge is 0.125 e. The molecule has 1 atom stereocenters. The second kappa shape index (κ2) is 7.12. The van der Waals surface area contributed by atoms with E-state index in [0.717, 1.165) is 31.6 Å². The molecule has 0 aliphatic heterocycles. The van der Waals surface area contributed by atoms with E-state index in [0.29, 0.717) is 0 Å². The highest BCUT2D eigenvalue weighted by Gasteiger charge is 2.19. The molecule has 2 N–H and O–H groups in total. The maximum atomic E-state index is 6.16. The minimum Gasteiger partial charge on any atom is -0.493 e. The van der Waals surface area contributed by atoms with Gasteiger partial charge in [0.15, 0.2) is 0 Å². The third kappa shape index (κ3) is 4.52. The van der Waals surface area contributed by atoms with E-state index in [9.17, 15) is 0 Å². The molecule has 2 nitrogen and oxygen atoms in total. The summed E-state index contributed by atoms with van der Waals surface area (Å²) in [5.41, 5.74) is 10.2. The maximum Gasteiger partial charge on any atom is 0.125 e. The van der Waals surface area contributed by atoms with Crippen LogP contribution in [0.15, 0.2) is 12.1 Å². The van der Waals surface area contributed by atoms with Crippen LogP contribution in [0.5, 0.6) is 5.75 Å². The summed E-state index contributed by atoms with van der Waals surface area (Å²) in [4.78, 5) is 0. The predicted octanol–water partition coefficient (Wildman–Crippen LogP) is 4.36. The summed E-state index contributed by atoms with van der Waals surface area (Å²) in [5, 5.41) is 0. The summed E-state index contributed by atoms with van der Waals surface area (Å²) >= 11 is 0. The molecule has 1 aromatic rings. The topological polar surface area (TPSA) is 35.2 Å². The van der Waals surface area contributed by atoms with Crippen LogP contribution in [0.3, 0.4) is 0 Å². The fraction of sp³-hybridized carbons (Fsp3) is 0.667. The number of nitrogens with two attached hydrogens (primary N) is 1. The summed E-state index contributed by atoms with van der Waals surface area (Å²) in [6.45, 7) is 13.9. The molecule has 114 valence electrons. The van der Waals surface area contributed by atoms with E-state index in [2.05, 4.69) is 53.7 Å². The van der Waals surface area contributed by atoms with Crippen molar-refractivity contribution in [1.29, 1.82) is 0 Å². The molecule has 0 amide bonds. The van der Waals surface area contributed by atoms with Gasteiger partial charge in [-0.2, -0.15) is 0 Å². The lowest BCUT2D eigenvalue weighted by Crippen LogP contribution is -2.23. The molecule has 0 radical (unpaired) electrons. The third-order valence-electron chi connectivity index (χ3n) is 3.67. The van der Waals surface area contributed by atoms with Crippen molar-refractivity contribution in [2.45, 2.75) is 72.3 Å². The Labute approximate surface area is 124 Å². The van der Waals surface area contributed by atoms with Crippen LogP contribution in [0.25, 0.3) is 0 Å². The van der Waals surface area contributed by atoms with E-state index in [1.165, 1.54) is 16.7 Å². The zero-order chi connectivity index (χ0) is 15.3. The van der Waals surface area contributed by atoms with Gasteiger partial charge in [0.2, 0.25) is 0 Å². The van der Waals surface area contributed by atoms with E-state index in [4.69, 9.17) is 10.5 Å². The fourth-order valence-electron chi connectivity index (χ4n) is 2.27. The van der Waals surface area contributed by atoms with Crippen molar-refractivity contribution < 1.29 is 4.74 Å². The first-order chi connectivity index (χ1) is 9.29. The van der Waals surface area contributed by atoms with Gasteiger partial charge in [-0.1, -0.05) is 46.8 Å². The minimum absolute atomic E-state index is 0.152. The van der Waals surface area contributed by atoms with E-state index in [1.807, 2.05) is 0 Å². The molecule has 0 aliphatic rings. The van der Waals surface area contributed by atoms with Crippen molar-refractivity contribution in [3.05, 3.63) is 28.8 Å². The molecule has 0 heterocycles. The average molecular weight is 277 g/mol. The first-order valence-corrected chi connectivity index (χ1v) is 7.82. The quantitative estimate of drug-likeness (QED) is 0.838. The van der Waals surface area contributed by atoms with Crippen molar-refractivity contribution in [1.82, 2.24) is 0 Å². The second-order valence-corrected chi connectivity index (χ2v) is 6.75. The number of benzene rings is 1. The lowest BCUT2D eigenvalue weighted by atomic mass is 9.84. The summed E-state index contributed by atoms with van der Waals surface area (Å²) in [7, 11) is 0. The largest absolute Gasteiger partial charge is 0.493 e. The SMILES string of the molecule is CCCOc1c(C)cc(C(C)(C)C)cc1CC(N)CC. The Morgan fingerprint density at radius 3 is 2.35 bits per heavy atom. The minimum atomic E-state index is 0.152. The van der Waals surface area contributed by atoms with Gasteiger partial charge in [-0.05, 0) is 48.3 Å². The van der Waals surface area contributed by atoms with Crippen molar-refractivity contribution in [3.8, 4) is 5.75 Å². The molecule has 1 unspecified atom stereocenters. The zero-order valence-corrected chi connectivity index (χ0v) is 14.0. The van der Waals surface area contributed by atoms with Gasteiger partial charge < -0.3 is 10.5 Å². The first-order valence-electron chi connectivity index (χ1n) is 7.82. The summed E-state index contributed by atoms with van der Waals surface area (Å²) < 4.78 is 5.97. The van der Waals surface area contributed by atoms with Crippen molar-refractivity contribution in [2.75, 3.05) is 6.61 Å². The Bertz CT molecular complexity index is 432. The molecule has 2 heteroatoms. The Morgan fingerprint density at radius 2 is 1.85 bits per heavy atom. The maximum absolute atomic E-state index is 6.16. The molecule has 1 rings (SSSR count). The monoisotopic (exact) mass is 277 g/mol. The fourth-order valence-corrected chi connectivity index (χ4v) is 2.27. The first kappa shape index (κ1) is 17.0. The Balaban J connectivity index is 3.20. The number of rotatable bonds is 6. The lowest BCUT2D eigenvalue weighted by molar-refractivity contribution is 0.311. The summed E-state index contributed by atoms with van der Waals surface area (Å²) in [5.74, 6) is 1.05. The van der Waals surface area contributed by atoms with E-state index < -0.39 is 0 Å². The van der Waals surface area contributed by atoms with Gasteiger partial charge in [0, 0.05) is 6.04 Å². The zero-order valence-electron chi connectivity index (χ0n) is 14.0. The van der Waals surface area contributed by atoms with Crippen LogP contribution in [0.2, 0.25) is 0 Å². The van der Waals surface area contributed by atoms with Crippen molar-refractivity contribution >= 4 is 0 Å². The van der Waals surface area contributed by atoms with Gasteiger partial charge in [-0.15, -0.1) is 0 Å². The van der Waals surface area contributed by atoms with Gasteiger partial charge in [-0.3, -0.25) is 0 Å². The Hall–Kier alpha value is -1.02. The van der Waals surface area contributed by atoms with E-state index in [1.54, 1.807) is 0 Å². The van der Waals surface area contributed by atoms with Crippen LogP contribution in [-0.4, -0.2) is 12.6 Å². The van der Waals surface area contributed by atoms with E-state index in [-0.39, 0.29) is 11.5 Å². The van der Waals surface area contributed by atoms with Gasteiger partial charge in [0.05, 0.1) is 6.61 Å². The van der Waals surface area contributed by atoms with Crippen LogP contribution < -0.4 is 10.5 Å². The second-order valence-electron chi connectivity index (χ2n) is 6.75. The lowest BCUT2D eigenvalue weighted by Gasteiger charge is -2.24. The number of ether oxygens (including phenoxy) is 1. The molecule has 20 heavy (non-hydrogen) atoms. The number of hydrogen-bond acceptors (Lipinski definition) is 2. The summed E-state index contributed by atoms with van der Waals surface area (Å²) in [6, 6.07) is 4.74. The molecule has 0 aliphatic carbocycles. The molecule has 1 aromatic carbocycles. The van der Waals surface area contributed by atoms with Gasteiger partial charge in [-0.25, -0.2) is 0 Å². The number of hydrogen-bond donors (Lipinski definition) is 1. The predicted molar refractivity (Wildman–Crippen MR) is 87.6 cm³/mol. The van der Waals surface area contributed by atoms with Crippen LogP contribution in [0.4, 0.5) is 0 Å². The Kier molecular flexibility index (Phi) is 6.07. The molecule has 0 aromatic heterocycles. The van der Waals surface area contributed by atoms with Crippen LogP contribution in [0, 0.1) is 6.92 Å². The van der Waals surface area contributed by atoms with Gasteiger partial charge in [0.1, 0.15) is 5.75 Å². The normalized spacial score (nSPS) is 13.3. The molecular weight excluding hydrogens is 246 g/mol. The molecule has 0 bridgehead atoms. The molecule has 0 spiro atoms. The van der Waals surface area contributed by atoms with Crippen LogP contribution in [0.1, 0.15) is 64.2 Å². The Morgan fingerprint density at radius 1 is 1.20 bits per heavy atom. The molecule has 0 fully saturated rings. The molecule has 0 saturated carbocycles. The van der Waals surface area contributed by atoms with E-state index >= 15 is 0 Å². The van der Waals surface area contributed by atoms with Crippen LogP contribution in [-0.2, 0) is 11.8 Å². The molecular formula is C18H31NO. The number of aryl methyl sites for hydroxylation is 1. The third-order valence-corrected chi connectivity index (χ3v) is 3.67. The molecule has 0 saturated heterocycles. The van der Waals surface area contributed by atoms with Gasteiger partial charge in [0.25, 0.3) is 0 Å². The average Bonchev–Trinajstić information content (AvgIpc) is 2.36. The standard InChI is InChI=1S/C18H31NO/c1-7-9-20-17-13(3)10-15(18(4,5)6)11-14(17)12-16(19)8-2/h10-11,16H,7-9,12,19H2,1-6H3. The van der Waals surface area contributed by atoms with Gasteiger partial charge >= 0.3 is 0 Å². The highest BCUT2D eigenvalue weighted by atomic mass is 16.5. The highest BCUT2D eigenvalue weighted by molar-refractivity contribution is 5.46. The van der Waals surface area contributed by atoms with Crippen LogP contribution >= 0.6 is 0 Å². The highest BCUT2D eigenvalue weighted by Crippen LogP contribution is 2.32. The summed E-state index contributed by atoms with van der Waals surface area (Å²) in [6.07, 6.45) is 2.91.